The van der Waals surface area contributed by atoms with Crippen LogP contribution in [0.25, 0.3) is 11.0 Å². The maximum atomic E-state index is 13.8. The molecule has 0 aromatic carbocycles. The third-order valence-electron chi connectivity index (χ3n) is 4.08. The Labute approximate surface area is 144 Å². The van der Waals surface area contributed by atoms with Crippen molar-refractivity contribution in [3.05, 3.63) is 68.1 Å². The summed E-state index contributed by atoms with van der Waals surface area (Å²) in [5.74, 6) is 0. The molecule has 0 fully saturated rings. The molecule has 0 atom stereocenters. The van der Waals surface area contributed by atoms with Gasteiger partial charge in [0.15, 0.2) is 12.2 Å². The molecule has 0 bridgehead atoms. The zero-order valence-corrected chi connectivity index (χ0v) is 14.3. The topological polar surface area (TPSA) is 66.0 Å². The Morgan fingerprint density at radius 3 is 2.28 bits per heavy atom. The molecule has 2 aromatic heterocycles. The second kappa shape index (κ2) is 7.92. The first kappa shape index (κ1) is 18.6. The molecule has 6 nitrogen and oxygen atoms in total. The number of unbranched alkanes of at least 4 members (excludes halogenated alkanes) is 1. The van der Waals surface area contributed by atoms with Gasteiger partial charge in [0, 0.05) is 24.8 Å². The number of alkyl halides is 1. The van der Waals surface area contributed by atoms with Gasteiger partial charge in [0.05, 0.1) is 0 Å². The third-order valence-corrected chi connectivity index (χ3v) is 4.08. The van der Waals surface area contributed by atoms with Crippen molar-refractivity contribution in [2.75, 3.05) is 0 Å². The highest BCUT2D eigenvalue weighted by atomic mass is 19.1. The highest BCUT2D eigenvalue weighted by molar-refractivity contribution is 5.75. The Morgan fingerprint density at radius 2 is 1.72 bits per heavy atom. The van der Waals surface area contributed by atoms with Crippen LogP contribution in [0.5, 0.6) is 0 Å². The average Bonchev–Trinajstić information content (AvgIpc) is 2.59. The fourth-order valence-corrected chi connectivity index (χ4v) is 2.90. The van der Waals surface area contributed by atoms with Gasteiger partial charge in [-0.2, -0.15) is 0 Å². The Kier molecular flexibility index (Phi) is 5.90. The van der Waals surface area contributed by atoms with Crippen molar-refractivity contribution in [3.8, 4) is 0 Å². The lowest BCUT2D eigenvalue weighted by Crippen LogP contribution is -2.42. The lowest BCUT2D eigenvalue weighted by molar-refractivity contribution is 0.370. The normalized spacial score (nSPS) is 11.0. The number of hydrogen-bond acceptors (Lipinski definition) is 3. The van der Waals surface area contributed by atoms with Crippen molar-refractivity contribution in [3.63, 3.8) is 0 Å². The Balaban J connectivity index is 3.06. The van der Waals surface area contributed by atoms with Crippen LogP contribution in [-0.4, -0.2) is 13.7 Å². The summed E-state index contributed by atoms with van der Waals surface area (Å²) in [4.78, 5) is 37.9. The molecule has 25 heavy (non-hydrogen) atoms. The second-order valence-electron chi connectivity index (χ2n) is 5.74. The molecule has 7 heteroatoms. The summed E-state index contributed by atoms with van der Waals surface area (Å²) in [5.41, 5.74) is -1.37. The van der Waals surface area contributed by atoms with Crippen LogP contribution >= 0.6 is 0 Å². The summed E-state index contributed by atoms with van der Waals surface area (Å²) in [5, 5.41) is -0.193. The van der Waals surface area contributed by atoms with E-state index in [1.807, 2.05) is 6.92 Å². The van der Waals surface area contributed by atoms with Crippen molar-refractivity contribution in [1.82, 2.24) is 13.7 Å². The van der Waals surface area contributed by atoms with Gasteiger partial charge in [-0.1, -0.05) is 25.5 Å². The van der Waals surface area contributed by atoms with Crippen LogP contribution in [0.2, 0.25) is 0 Å². The van der Waals surface area contributed by atoms with E-state index in [1.165, 1.54) is 27.4 Å². The number of nitrogens with zero attached hydrogens (tertiary/aromatic N) is 3. The summed E-state index contributed by atoms with van der Waals surface area (Å²) >= 11 is 0. The van der Waals surface area contributed by atoms with Crippen LogP contribution < -0.4 is 16.7 Å². The van der Waals surface area contributed by atoms with Gasteiger partial charge in [0.2, 0.25) is 0 Å². The number of allylic oxidation sites excluding steroid dienone is 2. The maximum absolute atomic E-state index is 13.8. The van der Waals surface area contributed by atoms with E-state index in [4.69, 9.17) is 0 Å². The molecule has 134 valence electrons. The molecule has 0 unspecified atom stereocenters. The smallest absolute Gasteiger partial charge is 0.302 e. The number of hydrogen-bond donors (Lipinski definition) is 0. The third kappa shape index (κ3) is 3.26. The van der Waals surface area contributed by atoms with Crippen molar-refractivity contribution in [2.45, 2.75) is 46.1 Å². The number of fused-ring (bicyclic) bond motifs is 1. The van der Waals surface area contributed by atoms with Crippen molar-refractivity contribution in [2.24, 2.45) is 0 Å². The summed E-state index contributed by atoms with van der Waals surface area (Å²) in [6.45, 7) is 8.21. The van der Waals surface area contributed by atoms with Crippen LogP contribution in [0, 0.1) is 0 Å². The fraction of sp³-hybridized carbons (Fsp3) is 0.389. The van der Waals surface area contributed by atoms with E-state index in [0.29, 0.717) is 12.1 Å². The van der Waals surface area contributed by atoms with Gasteiger partial charge < -0.3 is 4.57 Å². The van der Waals surface area contributed by atoms with Crippen LogP contribution in [0.4, 0.5) is 4.39 Å². The molecule has 2 heterocycles. The van der Waals surface area contributed by atoms with E-state index in [-0.39, 0.29) is 24.1 Å². The number of pyridine rings is 1. The molecule has 0 aliphatic rings. The summed E-state index contributed by atoms with van der Waals surface area (Å²) in [7, 11) is 0. The van der Waals surface area contributed by atoms with Crippen LogP contribution in [0.3, 0.4) is 0 Å². The minimum absolute atomic E-state index is 0.0105. The molecular weight excluding hydrogens is 325 g/mol. The minimum atomic E-state index is -0.933. The Morgan fingerprint density at radius 1 is 1.08 bits per heavy atom. The largest absolute Gasteiger partial charge is 0.333 e. The molecule has 2 rings (SSSR count). The Hall–Kier alpha value is -2.70. The first-order chi connectivity index (χ1) is 12.0. The van der Waals surface area contributed by atoms with Gasteiger partial charge in [-0.3, -0.25) is 18.7 Å². The lowest BCUT2D eigenvalue weighted by atomic mass is 10.1. The predicted molar refractivity (Wildman–Crippen MR) is 96.8 cm³/mol. The van der Waals surface area contributed by atoms with Gasteiger partial charge in [0.25, 0.3) is 5.56 Å². The number of aryl methyl sites for hydroxylation is 1. The first-order valence-electron chi connectivity index (χ1n) is 8.19. The summed E-state index contributed by atoms with van der Waals surface area (Å²) in [6, 6.07) is 1.29. The fourth-order valence-electron chi connectivity index (χ4n) is 2.90. The van der Waals surface area contributed by atoms with E-state index >= 15 is 0 Å². The monoisotopic (exact) mass is 347 g/mol. The molecular formula is C18H22FN3O3. The zero-order valence-electron chi connectivity index (χ0n) is 14.3. The number of rotatable bonds is 8. The molecule has 0 saturated heterocycles. The van der Waals surface area contributed by atoms with Crippen LogP contribution in [-0.2, 0) is 26.3 Å². The highest BCUT2D eigenvalue weighted by Crippen LogP contribution is 2.13. The molecule has 0 radical (unpaired) electrons. The first-order valence-corrected chi connectivity index (χ1v) is 8.19. The van der Waals surface area contributed by atoms with Gasteiger partial charge in [-0.25, -0.2) is 9.18 Å². The summed E-state index contributed by atoms with van der Waals surface area (Å²) < 4.78 is 17.2. The highest BCUT2D eigenvalue weighted by Gasteiger charge is 2.19. The molecule has 0 aliphatic heterocycles. The van der Waals surface area contributed by atoms with Crippen molar-refractivity contribution < 1.29 is 4.39 Å². The maximum Gasteiger partial charge on any atom is 0.333 e. The minimum Gasteiger partial charge on any atom is -0.302 e. The second-order valence-corrected chi connectivity index (χ2v) is 5.74. The molecule has 0 aliphatic carbocycles. The average molecular weight is 347 g/mol. The van der Waals surface area contributed by atoms with Crippen LogP contribution in [0.1, 0.15) is 25.5 Å². The van der Waals surface area contributed by atoms with Gasteiger partial charge in [0.1, 0.15) is 11.0 Å². The van der Waals surface area contributed by atoms with E-state index < -0.39 is 23.5 Å². The standard InChI is InChI=1S/C18H22FN3O3/c1-4-7-8-13-11-14(23)15-16(22(13)12-19)20(9-5-2)18(25)21(10-6-3)17(15)24/h5-6,11H,2-4,7-10,12H2,1H3. The van der Waals surface area contributed by atoms with E-state index in [1.54, 1.807) is 0 Å². The van der Waals surface area contributed by atoms with Gasteiger partial charge >= 0.3 is 5.69 Å². The molecule has 0 saturated carbocycles. The quantitative estimate of drug-likeness (QED) is 0.686. The summed E-state index contributed by atoms with van der Waals surface area (Å²) in [6.07, 6.45) is 5.00. The molecule has 0 N–H and O–H groups in total. The molecule has 0 spiro atoms. The van der Waals surface area contributed by atoms with Gasteiger partial charge in [-0.05, 0) is 12.8 Å². The molecule has 2 aromatic rings. The number of aromatic nitrogens is 3. The Bertz CT molecular complexity index is 982. The number of halogens is 1. The van der Waals surface area contributed by atoms with Gasteiger partial charge in [-0.15, -0.1) is 13.2 Å². The predicted octanol–water partition coefficient (Wildman–Crippen LogP) is 1.97. The van der Waals surface area contributed by atoms with E-state index in [9.17, 15) is 18.8 Å². The van der Waals surface area contributed by atoms with E-state index in [0.717, 1.165) is 17.4 Å². The molecule has 0 amide bonds. The SMILES string of the molecule is C=CCn1c(=O)c2c(=O)cc(CCCC)n(CF)c2n(CC=C)c1=O. The van der Waals surface area contributed by atoms with Crippen molar-refractivity contribution in [1.29, 1.82) is 0 Å². The zero-order chi connectivity index (χ0) is 18.6. The lowest BCUT2D eigenvalue weighted by Gasteiger charge is -2.18. The van der Waals surface area contributed by atoms with Crippen LogP contribution in [0.15, 0.2) is 45.8 Å². The van der Waals surface area contributed by atoms with E-state index in [2.05, 4.69) is 13.2 Å². The van der Waals surface area contributed by atoms with Crippen molar-refractivity contribution >= 4 is 11.0 Å².